The molecule has 0 radical (unpaired) electrons. The first-order valence-corrected chi connectivity index (χ1v) is 2.34. The number of aliphatic hydroxyl groups is 2. The van der Waals surface area contributed by atoms with Crippen LogP contribution in [0.1, 0.15) is 21.6 Å². The van der Waals surface area contributed by atoms with Gasteiger partial charge in [-0.1, -0.05) is 0 Å². The predicted molar refractivity (Wildman–Crippen MR) is 28.0 cm³/mol. The summed E-state index contributed by atoms with van der Waals surface area (Å²) >= 11 is 0. The normalized spacial score (nSPS) is 25.4. The van der Waals surface area contributed by atoms with Crippen molar-refractivity contribution < 1.29 is 11.6 Å². The van der Waals surface area contributed by atoms with Gasteiger partial charge in [0.2, 0.25) is 0 Å². The Morgan fingerprint density at radius 3 is 1.71 bits per heavy atom. The number of hydrogen-bond acceptors (Lipinski definition) is 2. The van der Waals surface area contributed by atoms with Crippen molar-refractivity contribution in [1.82, 2.24) is 0 Å². The monoisotopic (exact) mass is 105 g/mol. The van der Waals surface area contributed by atoms with E-state index in [0.29, 0.717) is 0 Å². The fourth-order valence-electron chi connectivity index (χ4n) is 0.403. The molecule has 0 aromatic rings. The van der Waals surface area contributed by atoms with Crippen LogP contribution in [0.5, 0.6) is 0 Å². The molecular weight excluding hydrogens is 92.1 g/mol. The molecule has 0 aliphatic carbocycles. The molecule has 0 aliphatic heterocycles. The molecule has 0 amide bonds. The average molecular weight is 105 g/mol. The van der Waals surface area contributed by atoms with Crippen LogP contribution in [-0.2, 0) is 0 Å². The summed E-state index contributed by atoms with van der Waals surface area (Å²) in [6, 6.07) is 0. The van der Waals surface area contributed by atoms with Crippen molar-refractivity contribution in [3.63, 3.8) is 0 Å². The minimum Gasteiger partial charge on any atom is -0.393 e. The van der Waals surface area contributed by atoms with Gasteiger partial charge in [0.25, 0.3) is 0 Å². The van der Waals surface area contributed by atoms with Crippen molar-refractivity contribution >= 4 is 0 Å². The topological polar surface area (TPSA) is 40.5 Å². The summed E-state index contributed by atoms with van der Waals surface area (Å²) in [5.41, 5.74) is 0. The van der Waals surface area contributed by atoms with Gasteiger partial charge >= 0.3 is 0 Å². The van der Waals surface area contributed by atoms with Gasteiger partial charge in [-0.2, -0.15) is 0 Å². The maximum absolute atomic E-state index is 8.64. The summed E-state index contributed by atoms with van der Waals surface area (Å²) in [5.74, 6) is 0. The van der Waals surface area contributed by atoms with Gasteiger partial charge in [-0.05, 0) is 20.2 Å². The third-order valence-electron chi connectivity index (χ3n) is 0.557. The van der Waals surface area contributed by atoms with Gasteiger partial charge < -0.3 is 10.2 Å². The minimum atomic E-state index is -0.769. The second kappa shape index (κ2) is 2.99. The highest BCUT2D eigenvalue weighted by Crippen LogP contribution is 1.93. The molecule has 44 valence electrons. The van der Waals surface area contributed by atoms with Crippen molar-refractivity contribution in [3.8, 4) is 0 Å². The third kappa shape index (κ3) is 5.92. The van der Waals surface area contributed by atoms with Gasteiger partial charge in [-0.25, -0.2) is 0 Å². The van der Waals surface area contributed by atoms with E-state index in [2.05, 4.69) is 0 Å². The Hall–Kier alpha value is -0.0800. The van der Waals surface area contributed by atoms with E-state index < -0.39 is 18.6 Å². The molecule has 0 fully saturated rings. The zero-order valence-corrected chi connectivity index (χ0v) is 4.63. The molecule has 0 rings (SSSR count). The SMILES string of the molecule is [2H]C(C(C)O)C(C)O. The highest BCUT2D eigenvalue weighted by atomic mass is 16.3. The van der Waals surface area contributed by atoms with Gasteiger partial charge in [0, 0.05) is 1.37 Å². The molecule has 0 spiro atoms. The lowest BCUT2D eigenvalue weighted by Gasteiger charge is -2.04. The third-order valence-corrected chi connectivity index (χ3v) is 0.557. The molecule has 2 atom stereocenters. The Labute approximate surface area is 45.2 Å². The van der Waals surface area contributed by atoms with E-state index in [4.69, 9.17) is 11.6 Å². The molecule has 0 aromatic heterocycles. The van der Waals surface area contributed by atoms with E-state index in [-0.39, 0.29) is 0 Å². The maximum atomic E-state index is 8.64. The Bertz CT molecular complexity index is 55.4. The molecule has 0 bridgehead atoms. The Balaban J connectivity index is 3.46. The van der Waals surface area contributed by atoms with Crippen molar-refractivity contribution in [2.24, 2.45) is 0 Å². The first-order valence-electron chi connectivity index (χ1n) is 2.92. The standard InChI is InChI=1S/C5H12O2/c1-4(6)3-5(2)7/h4-7H,3H2,1-2H3/i3D. The molecule has 2 unspecified atom stereocenters. The molecule has 7 heavy (non-hydrogen) atoms. The van der Waals surface area contributed by atoms with Crippen molar-refractivity contribution in [2.45, 2.75) is 32.5 Å². The van der Waals surface area contributed by atoms with Crippen molar-refractivity contribution in [3.05, 3.63) is 0 Å². The molecule has 2 N–H and O–H groups in total. The van der Waals surface area contributed by atoms with E-state index in [1.807, 2.05) is 0 Å². The van der Waals surface area contributed by atoms with Crippen LogP contribution < -0.4 is 0 Å². The molecule has 0 heterocycles. The van der Waals surface area contributed by atoms with Crippen LogP contribution in [-0.4, -0.2) is 22.4 Å². The van der Waals surface area contributed by atoms with Crippen LogP contribution >= 0.6 is 0 Å². The number of hydrogen-bond donors (Lipinski definition) is 2. The maximum Gasteiger partial charge on any atom is 0.0536 e. The zero-order chi connectivity index (χ0) is 6.73. The van der Waals surface area contributed by atoms with Crippen LogP contribution in [0.25, 0.3) is 0 Å². The summed E-state index contributed by atoms with van der Waals surface area (Å²) in [5, 5.41) is 17.3. The quantitative estimate of drug-likeness (QED) is 0.524. The Morgan fingerprint density at radius 2 is 1.71 bits per heavy atom. The lowest BCUT2D eigenvalue weighted by Crippen LogP contribution is -2.10. The van der Waals surface area contributed by atoms with E-state index >= 15 is 0 Å². The van der Waals surface area contributed by atoms with Crippen LogP contribution in [0, 0.1) is 0 Å². The van der Waals surface area contributed by atoms with Gasteiger partial charge in [0.05, 0.1) is 12.2 Å². The molecular formula is C5H12O2. The lowest BCUT2D eigenvalue weighted by atomic mass is 10.2. The Morgan fingerprint density at radius 1 is 1.43 bits per heavy atom. The summed E-state index contributed by atoms with van der Waals surface area (Å²) in [6.07, 6.45) is -2.25. The first kappa shape index (κ1) is 5.06. The fourth-order valence-corrected chi connectivity index (χ4v) is 0.403. The average Bonchev–Trinajstić information content (AvgIpc) is 1.64. The van der Waals surface area contributed by atoms with E-state index in [1.54, 1.807) is 0 Å². The fraction of sp³-hybridized carbons (Fsp3) is 1.00. The second-order valence-corrected chi connectivity index (χ2v) is 1.67. The molecule has 0 aliphatic rings. The van der Waals surface area contributed by atoms with Gasteiger partial charge in [0.15, 0.2) is 0 Å². The lowest BCUT2D eigenvalue weighted by molar-refractivity contribution is 0.102. The Kier molecular flexibility index (Phi) is 2.17. The van der Waals surface area contributed by atoms with Gasteiger partial charge in [-0.3, -0.25) is 0 Å². The smallest absolute Gasteiger partial charge is 0.0536 e. The highest BCUT2D eigenvalue weighted by Gasteiger charge is 1.98. The molecule has 2 heteroatoms. The minimum absolute atomic E-state index is 0.741. The molecule has 0 saturated carbocycles. The predicted octanol–water partition coefficient (Wildman–Crippen LogP) is 0.138. The summed E-state index contributed by atoms with van der Waals surface area (Å²) in [7, 11) is 0. The first-order chi connectivity index (χ1) is 3.55. The molecule has 0 aromatic carbocycles. The zero-order valence-electron chi connectivity index (χ0n) is 5.63. The second-order valence-electron chi connectivity index (χ2n) is 1.67. The molecule has 2 nitrogen and oxygen atoms in total. The van der Waals surface area contributed by atoms with Crippen LogP contribution in [0.3, 0.4) is 0 Å². The largest absolute Gasteiger partial charge is 0.393 e. The number of rotatable bonds is 2. The van der Waals surface area contributed by atoms with Gasteiger partial charge in [0.1, 0.15) is 0 Å². The van der Waals surface area contributed by atoms with Crippen molar-refractivity contribution in [1.29, 1.82) is 0 Å². The number of aliphatic hydroxyl groups excluding tert-OH is 2. The van der Waals surface area contributed by atoms with E-state index in [0.717, 1.165) is 0 Å². The summed E-state index contributed by atoms with van der Waals surface area (Å²) < 4.78 is 6.98. The summed E-state index contributed by atoms with van der Waals surface area (Å²) in [4.78, 5) is 0. The van der Waals surface area contributed by atoms with Gasteiger partial charge in [-0.15, -0.1) is 0 Å². The van der Waals surface area contributed by atoms with E-state index in [9.17, 15) is 0 Å². The van der Waals surface area contributed by atoms with E-state index in [1.165, 1.54) is 13.8 Å². The van der Waals surface area contributed by atoms with Crippen LogP contribution in [0.15, 0.2) is 0 Å². The highest BCUT2D eigenvalue weighted by molar-refractivity contribution is 4.51. The van der Waals surface area contributed by atoms with Crippen molar-refractivity contribution in [2.75, 3.05) is 0 Å². The van der Waals surface area contributed by atoms with Crippen LogP contribution in [0.4, 0.5) is 0 Å². The van der Waals surface area contributed by atoms with Crippen LogP contribution in [0.2, 0.25) is 0 Å². The molecule has 0 saturated heterocycles. The summed E-state index contributed by atoms with van der Waals surface area (Å²) in [6.45, 7) is 2.98.